The lowest BCUT2D eigenvalue weighted by Crippen LogP contribution is -2.52. The zero-order chi connectivity index (χ0) is 17.7. The summed E-state index contributed by atoms with van der Waals surface area (Å²) in [5, 5.41) is 2.54. The normalized spacial score (nSPS) is 15.5. The topological polar surface area (TPSA) is 35.6 Å². The summed E-state index contributed by atoms with van der Waals surface area (Å²) in [6.45, 7) is 4.61. The number of piperazine rings is 1. The molecule has 24 heavy (non-hydrogen) atoms. The highest BCUT2D eigenvalue weighted by Crippen LogP contribution is 2.37. The zero-order valence-corrected chi connectivity index (χ0v) is 14.3. The van der Waals surface area contributed by atoms with Crippen molar-refractivity contribution in [2.45, 2.75) is 25.9 Å². The van der Waals surface area contributed by atoms with E-state index in [0.717, 1.165) is 18.9 Å². The van der Waals surface area contributed by atoms with Gasteiger partial charge < -0.3 is 15.1 Å². The van der Waals surface area contributed by atoms with E-state index in [9.17, 15) is 18.0 Å². The van der Waals surface area contributed by atoms with Gasteiger partial charge in [-0.05, 0) is 24.6 Å². The number of amides is 2. The summed E-state index contributed by atoms with van der Waals surface area (Å²) in [7, 11) is 0. The fourth-order valence-electron chi connectivity index (χ4n) is 2.58. The summed E-state index contributed by atoms with van der Waals surface area (Å²) in [5.41, 5.74) is -0.362. The monoisotopic (exact) mass is 363 g/mol. The molecule has 1 N–H and O–H groups in total. The molecular weight excluding hydrogens is 343 g/mol. The molecule has 1 saturated heterocycles. The lowest BCUT2D eigenvalue weighted by molar-refractivity contribution is -0.137. The van der Waals surface area contributed by atoms with Gasteiger partial charge in [0.2, 0.25) is 0 Å². The van der Waals surface area contributed by atoms with E-state index < -0.39 is 11.7 Å². The Morgan fingerprint density at radius 3 is 2.50 bits per heavy atom. The van der Waals surface area contributed by atoms with Gasteiger partial charge in [-0.3, -0.25) is 0 Å². The minimum Gasteiger partial charge on any atom is -0.368 e. The lowest BCUT2D eigenvalue weighted by Gasteiger charge is -2.36. The minimum atomic E-state index is -4.48. The quantitative estimate of drug-likeness (QED) is 0.821. The maximum atomic E-state index is 12.9. The van der Waals surface area contributed by atoms with Gasteiger partial charge in [-0.2, -0.15) is 13.2 Å². The van der Waals surface area contributed by atoms with Gasteiger partial charge in [0, 0.05) is 38.4 Å². The smallest absolute Gasteiger partial charge is 0.368 e. The number of nitrogens with zero attached hydrogens (tertiary/aromatic N) is 2. The summed E-state index contributed by atoms with van der Waals surface area (Å²) in [5.74, 6) is 0. The van der Waals surface area contributed by atoms with Crippen molar-refractivity contribution in [3.05, 3.63) is 28.8 Å². The summed E-state index contributed by atoms with van der Waals surface area (Å²) < 4.78 is 38.8. The third-order valence-corrected chi connectivity index (χ3v) is 4.32. The number of hydrogen-bond acceptors (Lipinski definition) is 2. The first kappa shape index (κ1) is 18.7. The van der Waals surface area contributed by atoms with Crippen molar-refractivity contribution >= 4 is 23.3 Å². The van der Waals surface area contributed by atoms with Crippen LogP contribution in [0.3, 0.4) is 0 Å². The van der Waals surface area contributed by atoms with Gasteiger partial charge in [0.15, 0.2) is 0 Å². The van der Waals surface area contributed by atoms with Crippen LogP contribution in [0.4, 0.5) is 23.7 Å². The molecule has 1 aliphatic rings. The fraction of sp³-hybridized carbons (Fsp3) is 0.562. The molecule has 1 fully saturated rings. The number of carbonyl (C=O) groups is 1. The molecule has 0 atom stereocenters. The van der Waals surface area contributed by atoms with Gasteiger partial charge in [0.05, 0.1) is 10.6 Å². The van der Waals surface area contributed by atoms with Gasteiger partial charge in [-0.25, -0.2) is 4.79 Å². The predicted octanol–water partition coefficient (Wildman–Crippen LogP) is 3.99. The van der Waals surface area contributed by atoms with Crippen LogP contribution in [0.2, 0.25) is 5.02 Å². The molecule has 0 aliphatic carbocycles. The average Bonchev–Trinajstić information content (AvgIpc) is 2.54. The zero-order valence-electron chi connectivity index (χ0n) is 13.5. The molecule has 0 unspecified atom stereocenters. The molecule has 0 radical (unpaired) electrons. The molecule has 0 spiro atoms. The summed E-state index contributed by atoms with van der Waals surface area (Å²) in [6, 6.07) is 3.80. The molecule has 0 aromatic heterocycles. The Morgan fingerprint density at radius 2 is 1.92 bits per heavy atom. The highest BCUT2D eigenvalue weighted by atomic mass is 35.5. The Balaban J connectivity index is 1.96. The first-order valence-electron chi connectivity index (χ1n) is 7.97. The number of anilines is 1. The Morgan fingerprint density at radius 1 is 1.25 bits per heavy atom. The second-order valence-electron chi connectivity index (χ2n) is 5.72. The summed E-state index contributed by atoms with van der Waals surface area (Å²) >= 11 is 5.65. The van der Waals surface area contributed by atoms with Crippen LogP contribution in [0.5, 0.6) is 0 Å². The Bertz CT molecular complexity index is 572. The van der Waals surface area contributed by atoms with Crippen LogP contribution in [0.25, 0.3) is 0 Å². The Hall–Kier alpha value is -1.63. The lowest BCUT2D eigenvalue weighted by atomic mass is 10.1. The van der Waals surface area contributed by atoms with Crippen LogP contribution in [0, 0.1) is 0 Å². The molecule has 0 bridgehead atoms. The van der Waals surface area contributed by atoms with Crippen molar-refractivity contribution in [1.82, 2.24) is 10.2 Å². The largest absolute Gasteiger partial charge is 0.417 e. The second-order valence-corrected chi connectivity index (χ2v) is 6.13. The van der Waals surface area contributed by atoms with E-state index in [-0.39, 0.29) is 11.1 Å². The van der Waals surface area contributed by atoms with Crippen LogP contribution in [-0.4, -0.2) is 43.7 Å². The number of rotatable bonds is 4. The number of halogens is 4. The summed E-state index contributed by atoms with van der Waals surface area (Å²) in [6.07, 6.45) is -2.54. The maximum Gasteiger partial charge on any atom is 0.417 e. The van der Waals surface area contributed by atoms with E-state index in [0.29, 0.717) is 38.4 Å². The van der Waals surface area contributed by atoms with Crippen LogP contribution in [0.1, 0.15) is 25.3 Å². The average molecular weight is 364 g/mol. The van der Waals surface area contributed by atoms with E-state index in [2.05, 4.69) is 5.32 Å². The van der Waals surface area contributed by atoms with Crippen molar-refractivity contribution in [3.63, 3.8) is 0 Å². The number of hydrogen-bond donors (Lipinski definition) is 1. The van der Waals surface area contributed by atoms with Crippen LogP contribution in [-0.2, 0) is 6.18 Å². The first-order valence-corrected chi connectivity index (χ1v) is 8.35. The molecule has 1 aliphatic heterocycles. The fourth-order valence-corrected chi connectivity index (χ4v) is 2.80. The predicted molar refractivity (Wildman–Crippen MR) is 88.5 cm³/mol. The first-order chi connectivity index (χ1) is 11.3. The molecule has 1 heterocycles. The van der Waals surface area contributed by atoms with E-state index in [4.69, 9.17) is 11.6 Å². The highest BCUT2D eigenvalue weighted by molar-refractivity contribution is 6.31. The number of urea groups is 1. The van der Waals surface area contributed by atoms with Crippen molar-refractivity contribution < 1.29 is 18.0 Å². The van der Waals surface area contributed by atoms with Gasteiger partial charge in [0.1, 0.15) is 0 Å². The van der Waals surface area contributed by atoms with Gasteiger partial charge in [-0.1, -0.05) is 24.9 Å². The van der Waals surface area contributed by atoms with Gasteiger partial charge in [-0.15, -0.1) is 0 Å². The van der Waals surface area contributed by atoms with Crippen LogP contribution < -0.4 is 10.2 Å². The van der Waals surface area contributed by atoms with Gasteiger partial charge >= 0.3 is 12.2 Å². The maximum absolute atomic E-state index is 12.9. The van der Waals surface area contributed by atoms with Crippen LogP contribution in [0.15, 0.2) is 18.2 Å². The molecule has 134 valence electrons. The van der Waals surface area contributed by atoms with E-state index in [1.165, 1.54) is 6.07 Å². The van der Waals surface area contributed by atoms with E-state index >= 15 is 0 Å². The molecule has 1 aromatic carbocycles. The van der Waals surface area contributed by atoms with Crippen molar-refractivity contribution in [2.75, 3.05) is 37.6 Å². The molecule has 2 rings (SSSR count). The van der Waals surface area contributed by atoms with Crippen molar-refractivity contribution in [3.8, 4) is 0 Å². The molecule has 4 nitrogen and oxygen atoms in total. The SMILES string of the molecule is CCCCNC(=O)N1CCN(c2ccc(Cl)c(C(F)(F)F)c2)CC1. The molecule has 0 saturated carbocycles. The number of unbranched alkanes of at least 4 members (excludes halogenated alkanes) is 1. The molecule has 1 aromatic rings. The molecule has 8 heteroatoms. The highest BCUT2D eigenvalue weighted by Gasteiger charge is 2.34. The second kappa shape index (κ2) is 7.96. The third-order valence-electron chi connectivity index (χ3n) is 3.99. The van der Waals surface area contributed by atoms with Crippen molar-refractivity contribution in [1.29, 1.82) is 0 Å². The number of benzene rings is 1. The Labute approximate surface area is 144 Å². The number of carbonyl (C=O) groups excluding carboxylic acids is 1. The third kappa shape index (κ3) is 4.69. The standard InChI is InChI=1S/C16H21ClF3N3O/c1-2-3-6-21-15(24)23-9-7-22(8-10-23)12-4-5-14(17)13(11-12)16(18,19)20/h4-5,11H,2-3,6-10H2,1H3,(H,21,24). The summed E-state index contributed by atoms with van der Waals surface area (Å²) in [4.78, 5) is 15.5. The number of nitrogens with one attached hydrogen (secondary N) is 1. The van der Waals surface area contributed by atoms with Crippen molar-refractivity contribution in [2.24, 2.45) is 0 Å². The van der Waals surface area contributed by atoms with Crippen LogP contribution >= 0.6 is 11.6 Å². The Kier molecular flexibility index (Phi) is 6.21. The molecular formula is C16H21ClF3N3O. The molecule has 2 amide bonds. The minimum absolute atomic E-state index is 0.116. The van der Waals surface area contributed by atoms with E-state index in [1.54, 1.807) is 11.0 Å². The number of alkyl halides is 3. The van der Waals surface area contributed by atoms with E-state index in [1.807, 2.05) is 11.8 Å². The van der Waals surface area contributed by atoms with Gasteiger partial charge in [0.25, 0.3) is 0 Å².